The van der Waals surface area contributed by atoms with Gasteiger partial charge in [0.2, 0.25) is 0 Å². The molecule has 1 rings (SSSR count). The summed E-state index contributed by atoms with van der Waals surface area (Å²) in [6.07, 6.45) is 1.72. The van der Waals surface area contributed by atoms with Gasteiger partial charge >= 0.3 is 0 Å². The Bertz CT molecular complexity index is 243. The summed E-state index contributed by atoms with van der Waals surface area (Å²) in [6.45, 7) is 5.91. The van der Waals surface area contributed by atoms with Crippen molar-refractivity contribution in [3.8, 4) is 0 Å². The highest BCUT2D eigenvalue weighted by Gasteiger charge is 2.35. The molecule has 2 atom stereocenters. The molecule has 0 saturated carbocycles. The number of carbonyl (C=O) groups excluding carboxylic acids is 1. The molecule has 1 amide bonds. The van der Waals surface area contributed by atoms with Gasteiger partial charge in [-0.3, -0.25) is 4.79 Å². The number of carbonyl (C=O) groups is 1. The number of nitrogens with zero attached hydrogens (tertiary/aromatic N) is 1. The van der Waals surface area contributed by atoms with Gasteiger partial charge < -0.3 is 9.64 Å². The topological polar surface area (TPSA) is 29.5 Å². The zero-order valence-electron chi connectivity index (χ0n) is 9.92. The average molecular weight is 234 g/mol. The third kappa shape index (κ3) is 2.85. The highest BCUT2D eigenvalue weighted by Crippen LogP contribution is 2.23. The minimum absolute atomic E-state index is 0.0463. The molecule has 1 saturated heterocycles. The van der Waals surface area contributed by atoms with E-state index in [1.54, 1.807) is 11.9 Å². The van der Waals surface area contributed by atoms with Crippen molar-refractivity contribution in [2.24, 2.45) is 0 Å². The van der Waals surface area contributed by atoms with Crippen LogP contribution in [0.3, 0.4) is 0 Å². The molecule has 2 unspecified atom stereocenters. The zero-order chi connectivity index (χ0) is 11.6. The van der Waals surface area contributed by atoms with Crippen molar-refractivity contribution in [1.29, 1.82) is 0 Å². The molecular weight excluding hydrogens is 214 g/mol. The van der Waals surface area contributed by atoms with Crippen LogP contribution in [0.4, 0.5) is 0 Å². The van der Waals surface area contributed by atoms with E-state index in [-0.39, 0.29) is 23.7 Å². The molecule has 0 spiro atoms. The lowest BCUT2D eigenvalue weighted by atomic mass is 10.1. The van der Waals surface area contributed by atoms with Crippen molar-refractivity contribution >= 4 is 17.5 Å². The lowest BCUT2D eigenvalue weighted by molar-refractivity contribution is -0.145. The number of hydrogen-bond donors (Lipinski definition) is 0. The summed E-state index contributed by atoms with van der Waals surface area (Å²) in [5.41, 5.74) is -0.312. The molecular formula is C11H20ClNO2. The summed E-state index contributed by atoms with van der Waals surface area (Å²) in [6, 6.07) is 0. The SMILES string of the molecule is CC1CCC(C(=O)N(C)C(C)(C)CCl)O1. The van der Waals surface area contributed by atoms with Crippen LogP contribution in [0.1, 0.15) is 33.6 Å². The van der Waals surface area contributed by atoms with E-state index in [0.29, 0.717) is 5.88 Å². The molecule has 15 heavy (non-hydrogen) atoms. The number of hydrogen-bond acceptors (Lipinski definition) is 2. The number of rotatable bonds is 3. The Morgan fingerprint density at radius 1 is 1.53 bits per heavy atom. The molecule has 0 aromatic carbocycles. The van der Waals surface area contributed by atoms with Crippen molar-refractivity contribution in [2.45, 2.75) is 51.4 Å². The van der Waals surface area contributed by atoms with Gasteiger partial charge in [0.1, 0.15) is 6.10 Å². The molecule has 0 aliphatic carbocycles. The predicted octanol–water partition coefficient (Wildman–Crippen LogP) is 2.03. The van der Waals surface area contributed by atoms with Crippen molar-refractivity contribution < 1.29 is 9.53 Å². The summed E-state index contributed by atoms with van der Waals surface area (Å²) in [4.78, 5) is 13.7. The Balaban J connectivity index is 2.60. The van der Waals surface area contributed by atoms with E-state index >= 15 is 0 Å². The number of halogens is 1. The monoisotopic (exact) mass is 233 g/mol. The van der Waals surface area contributed by atoms with Gasteiger partial charge in [0, 0.05) is 12.9 Å². The first-order valence-electron chi connectivity index (χ1n) is 5.37. The average Bonchev–Trinajstić information content (AvgIpc) is 2.62. The van der Waals surface area contributed by atoms with Crippen molar-refractivity contribution in [1.82, 2.24) is 4.90 Å². The van der Waals surface area contributed by atoms with Crippen LogP contribution in [-0.4, -0.2) is 41.5 Å². The van der Waals surface area contributed by atoms with Crippen LogP contribution < -0.4 is 0 Å². The van der Waals surface area contributed by atoms with Crippen LogP contribution in [0, 0.1) is 0 Å². The van der Waals surface area contributed by atoms with E-state index in [2.05, 4.69) is 0 Å². The van der Waals surface area contributed by atoms with E-state index in [9.17, 15) is 4.79 Å². The van der Waals surface area contributed by atoms with Gasteiger partial charge in [0.05, 0.1) is 11.6 Å². The summed E-state index contributed by atoms with van der Waals surface area (Å²) < 4.78 is 5.55. The van der Waals surface area contributed by atoms with Crippen LogP contribution in [0.25, 0.3) is 0 Å². The maximum Gasteiger partial charge on any atom is 0.251 e. The Morgan fingerprint density at radius 2 is 2.13 bits per heavy atom. The zero-order valence-corrected chi connectivity index (χ0v) is 10.7. The Morgan fingerprint density at radius 3 is 2.53 bits per heavy atom. The molecule has 1 aliphatic rings. The first-order valence-corrected chi connectivity index (χ1v) is 5.91. The third-order valence-corrected chi connectivity index (χ3v) is 3.73. The molecule has 1 heterocycles. The fourth-order valence-corrected chi connectivity index (χ4v) is 1.77. The summed E-state index contributed by atoms with van der Waals surface area (Å²) in [5.74, 6) is 0.474. The second kappa shape index (κ2) is 4.71. The van der Waals surface area contributed by atoms with E-state index in [1.807, 2.05) is 20.8 Å². The summed E-state index contributed by atoms with van der Waals surface area (Å²) >= 11 is 5.83. The van der Waals surface area contributed by atoms with Crippen LogP contribution in [0.15, 0.2) is 0 Å². The van der Waals surface area contributed by atoms with Gasteiger partial charge in [-0.15, -0.1) is 11.6 Å². The van der Waals surface area contributed by atoms with Gasteiger partial charge in [-0.05, 0) is 33.6 Å². The Labute approximate surface area is 96.7 Å². The molecule has 0 aromatic rings. The van der Waals surface area contributed by atoms with Gasteiger partial charge in [0.25, 0.3) is 5.91 Å². The van der Waals surface area contributed by atoms with Crippen LogP contribution in [0.2, 0.25) is 0 Å². The van der Waals surface area contributed by atoms with E-state index in [1.165, 1.54) is 0 Å². The second-order valence-electron chi connectivity index (χ2n) is 4.86. The maximum atomic E-state index is 12.0. The maximum absolute atomic E-state index is 12.0. The number of alkyl halides is 1. The van der Waals surface area contributed by atoms with Gasteiger partial charge in [0.15, 0.2) is 0 Å². The molecule has 1 fully saturated rings. The molecule has 1 aliphatic heterocycles. The first kappa shape index (κ1) is 12.8. The van der Waals surface area contributed by atoms with E-state index in [4.69, 9.17) is 16.3 Å². The van der Waals surface area contributed by atoms with Crippen LogP contribution in [-0.2, 0) is 9.53 Å². The molecule has 0 aromatic heterocycles. The smallest absolute Gasteiger partial charge is 0.251 e. The quantitative estimate of drug-likeness (QED) is 0.699. The standard InChI is InChI=1S/C11H20ClNO2/c1-8-5-6-9(15-8)10(14)13(4)11(2,3)7-12/h8-9H,5-7H2,1-4H3. The highest BCUT2D eigenvalue weighted by molar-refractivity contribution is 6.18. The van der Waals surface area contributed by atoms with Crippen molar-refractivity contribution in [3.05, 3.63) is 0 Å². The Kier molecular flexibility index (Phi) is 4.01. The van der Waals surface area contributed by atoms with Crippen LogP contribution >= 0.6 is 11.6 Å². The van der Waals surface area contributed by atoms with E-state index < -0.39 is 0 Å². The molecule has 0 bridgehead atoms. The number of amides is 1. The second-order valence-corrected chi connectivity index (χ2v) is 5.12. The molecule has 4 heteroatoms. The fourth-order valence-electron chi connectivity index (χ4n) is 1.59. The molecule has 0 N–H and O–H groups in total. The van der Waals surface area contributed by atoms with Crippen LogP contribution in [0.5, 0.6) is 0 Å². The minimum Gasteiger partial charge on any atom is -0.365 e. The lowest BCUT2D eigenvalue weighted by Gasteiger charge is -2.35. The third-order valence-electron chi connectivity index (χ3n) is 3.07. The lowest BCUT2D eigenvalue weighted by Crippen LogP contribution is -2.50. The van der Waals surface area contributed by atoms with Gasteiger partial charge in [-0.1, -0.05) is 0 Å². The van der Waals surface area contributed by atoms with Crippen molar-refractivity contribution in [2.75, 3.05) is 12.9 Å². The highest BCUT2D eigenvalue weighted by atomic mass is 35.5. The largest absolute Gasteiger partial charge is 0.365 e. The summed E-state index contributed by atoms with van der Waals surface area (Å²) in [5, 5.41) is 0. The first-order chi connectivity index (χ1) is 6.88. The summed E-state index contributed by atoms with van der Waals surface area (Å²) in [7, 11) is 1.79. The van der Waals surface area contributed by atoms with E-state index in [0.717, 1.165) is 12.8 Å². The number of likely N-dealkylation sites (N-methyl/N-ethyl adjacent to an activating group) is 1. The molecule has 88 valence electrons. The normalized spacial score (nSPS) is 26.7. The van der Waals surface area contributed by atoms with Crippen molar-refractivity contribution in [3.63, 3.8) is 0 Å². The fraction of sp³-hybridized carbons (Fsp3) is 0.909. The molecule has 3 nitrogen and oxygen atoms in total. The predicted molar refractivity (Wildman–Crippen MR) is 61.1 cm³/mol. The van der Waals surface area contributed by atoms with Gasteiger partial charge in [-0.25, -0.2) is 0 Å². The Hall–Kier alpha value is -0.280. The number of ether oxygens (including phenoxy) is 1. The van der Waals surface area contributed by atoms with Gasteiger partial charge in [-0.2, -0.15) is 0 Å². The minimum atomic E-state index is -0.312. The molecule has 0 radical (unpaired) electrons.